The molecule has 0 aliphatic carbocycles. The fourth-order valence-electron chi connectivity index (χ4n) is 2.34. The van der Waals surface area contributed by atoms with Gasteiger partial charge in [0.05, 0.1) is 6.04 Å². The van der Waals surface area contributed by atoms with Crippen LogP contribution in [0.5, 0.6) is 0 Å². The average Bonchev–Trinajstić information content (AvgIpc) is 2.48. The Morgan fingerprint density at radius 2 is 1.71 bits per heavy atom. The number of rotatable bonds is 4. The van der Waals surface area contributed by atoms with Crippen LogP contribution in [-0.2, 0) is 0 Å². The summed E-state index contributed by atoms with van der Waals surface area (Å²) in [6.07, 6.45) is 0.987. The van der Waals surface area contributed by atoms with E-state index >= 15 is 0 Å². The van der Waals surface area contributed by atoms with Crippen molar-refractivity contribution in [3.63, 3.8) is 0 Å². The lowest BCUT2D eigenvalue weighted by Gasteiger charge is -2.21. The molecule has 110 valence electrons. The quantitative estimate of drug-likeness (QED) is 0.797. The van der Waals surface area contributed by atoms with Gasteiger partial charge in [0, 0.05) is 5.69 Å². The summed E-state index contributed by atoms with van der Waals surface area (Å²) in [5, 5.41) is 7.31. The van der Waals surface area contributed by atoms with Gasteiger partial charge in [0.25, 0.3) is 0 Å². The van der Waals surface area contributed by atoms with Crippen LogP contribution in [0.2, 0.25) is 0 Å². The van der Waals surface area contributed by atoms with E-state index in [4.69, 9.17) is 12.2 Å². The summed E-state index contributed by atoms with van der Waals surface area (Å²) in [4.78, 5) is 0. The summed E-state index contributed by atoms with van der Waals surface area (Å²) in [5.74, 6) is 0. The van der Waals surface area contributed by atoms with Crippen molar-refractivity contribution in [1.82, 2.24) is 5.32 Å². The first-order valence-corrected chi connectivity index (χ1v) is 7.70. The fourth-order valence-corrected chi connectivity index (χ4v) is 2.60. The fraction of sp³-hybridized carbons (Fsp3) is 0.278. The second kappa shape index (κ2) is 7.23. The van der Waals surface area contributed by atoms with E-state index in [2.05, 4.69) is 67.8 Å². The normalized spacial score (nSPS) is 11.8. The highest BCUT2D eigenvalue weighted by Gasteiger charge is 2.12. The van der Waals surface area contributed by atoms with Crippen LogP contribution in [0.4, 0.5) is 5.69 Å². The summed E-state index contributed by atoms with van der Waals surface area (Å²) >= 11 is 5.43. The molecule has 2 N–H and O–H groups in total. The third-order valence-electron chi connectivity index (χ3n) is 3.59. The molecular formula is C18H22N2S. The molecule has 0 heterocycles. The number of hydrogen-bond acceptors (Lipinski definition) is 1. The van der Waals surface area contributed by atoms with Crippen molar-refractivity contribution in [2.45, 2.75) is 33.2 Å². The maximum absolute atomic E-state index is 5.43. The highest BCUT2D eigenvalue weighted by molar-refractivity contribution is 7.80. The zero-order valence-electron chi connectivity index (χ0n) is 12.8. The largest absolute Gasteiger partial charge is 0.356 e. The second-order valence-corrected chi connectivity index (χ2v) is 5.69. The lowest BCUT2D eigenvalue weighted by molar-refractivity contribution is 0.625. The van der Waals surface area contributed by atoms with Crippen LogP contribution in [0.15, 0.2) is 48.5 Å². The van der Waals surface area contributed by atoms with E-state index in [9.17, 15) is 0 Å². The summed E-state index contributed by atoms with van der Waals surface area (Å²) in [6.45, 7) is 6.38. The van der Waals surface area contributed by atoms with E-state index in [1.165, 1.54) is 16.7 Å². The molecule has 3 heteroatoms. The van der Waals surface area contributed by atoms with Crippen molar-refractivity contribution < 1.29 is 0 Å². The molecule has 0 amide bonds. The molecule has 21 heavy (non-hydrogen) atoms. The molecule has 2 aromatic carbocycles. The summed E-state index contributed by atoms with van der Waals surface area (Å²) < 4.78 is 0. The van der Waals surface area contributed by atoms with Gasteiger partial charge in [-0.25, -0.2) is 0 Å². The monoisotopic (exact) mass is 298 g/mol. The van der Waals surface area contributed by atoms with E-state index in [1.54, 1.807) is 0 Å². The molecule has 0 saturated carbocycles. The molecule has 0 radical (unpaired) electrons. The minimum Gasteiger partial charge on any atom is -0.356 e. The molecule has 2 aromatic rings. The lowest BCUT2D eigenvalue weighted by atomic mass is 10.00. The lowest BCUT2D eigenvalue weighted by Crippen LogP contribution is -2.32. The van der Waals surface area contributed by atoms with Crippen molar-refractivity contribution in [2.75, 3.05) is 5.32 Å². The Morgan fingerprint density at radius 1 is 1.05 bits per heavy atom. The molecule has 0 saturated heterocycles. The second-order valence-electron chi connectivity index (χ2n) is 5.28. The smallest absolute Gasteiger partial charge is 0.171 e. The van der Waals surface area contributed by atoms with Crippen LogP contribution in [-0.4, -0.2) is 5.11 Å². The van der Waals surface area contributed by atoms with Crippen molar-refractivity contribution >= 4 is 23.0 Å². The summed E-state index contributed by atoms with van der Waals surface area (Å²) in [7, 11) is 0. The zero-order valence-corrected chi connectivity index (χ0v) is 13.6. The number of benzene rings is 2. The van der Waals surface area contributed by atoms with E-state index in [0.29, 0.717) is 5.11 Å². The number of aryl methyl sites for hydroxylation is 2. The van der Waals surface area contributed by atoms with E-state index in [0.717, 1.165) is 12.1 Å². The minimum absolute atomic E-state index is 0.233. The SMILES string of the molecule is CC[C@@H](NC(=S)Nc1ccc(C)cc1)c1ccccc1C. The molecule has 2 rings (SSSR count). The van der Waals surface area contributed by atoms with E-state index in [-0.39, 0.29) is 6.04 Å². The van der Waals surface area contributed by atoms with Gasteiger partial charge in [-0.1, -0.05) is 48.9 Å². The van der Waals surface area contributed by atoms with E-state index in [1.807, 2.05) is 12.1 Å². The van der Waals surface area contributed by atoms with Gasteiger partial charge < -0.3 is 10.6 Å². The molecule has 1 atom stereocenters. The van der Waals surface area contributed by atoms with Crippen molar-refractivity contribution in [2.24, 2.45) is 0 Å². The Bertz CT molecular complexity index is 605. The molecule has 0 aliphatic heterocycles. The van der Waals surface area contributed by atoms with Crippen LogP contribution in [0.1, 0.15) is 36.1 Å². The highest BCUT2D eigenvalue weighted by atomic mass is 32.1. The van der Waals surface area contributed by atoms with Gasteiger partial charge >= 0.3 is 0 Å². The van der Waals surface area contributed by atoms with Gasteiger partial charge in [-0.15, -0.1) is 0 Å². The standard InChI is InChI=1S/C18H22N2S/c1-4-17(16-8-6-5-7-14(16)3)20-18(21)19-15-11-9-13(2)10-12-15/h5-12,17H,4H2,1-3H3,(H2,19,20,21)/t17-/m1/s1. The van der Waals surface area contributed by atoms with Crippen molar-refractivity contribution in [3.8, 4) is 0 Å². The van der Waals surface area contributed by atoms with Gasteiger partial charge in [-0.05, 0) is 55.7 Å². The van der Waals surface area contributed by atoms with Crippen LogP contribution in [0.3, 0.4) is 0 Å². The van der Waals surface area contributed by atoms with Crippen molar-refractivity contribution in [1.29, 1.82) is 0 Å². The van der Waals surface area contributed by atoms with Crippen LogP contribution < -0.4 is 10.6 Å². The topological polar surface area (TPSA) is 24.1 Å². The number of anilines is 1. The van der Waals surface area contributed by atoms with Crippen LogP contribution >= 0.6 is 12.2 Å². The van der Waals surface area contributed by atoms with E-state index < -0.39 is 0 Å². The molecule has 0 spiro atoms. The predicted molar refractivity (Wildman–Crippen MR) is 94.7 cm³/mol. The number of nitrogens with one attached hydrogen (secondary N) is 2. The van der Waals surface area contributed by atoms with Gasteiger partial charge in [0.1, 0.15) is 0 Å². The first-order valence-electron chi connectivity index (χ1n) is 7.30. The molecule has 0 aromatic heterocycles. The summed E-state index contributed by atoms with van der Waals surface area (Å²) in [5.41, 5.74) is 4.84. The Balaban J connectivity index is 2.03. The molecule has 0 bridgehead atoms. The Morgan fingerprint density at radius 3 is 2.33 bits per heavy atom. The van der Waals surface area contributed by atoms with Gasteiger partial charge in [-0.3, -0.25) is 0 Å². The van der Waals surface area contributed by atoms with Gasteiger partial charge in [0.15, 0.2) is 5.11 Å². The zero-order chi connectivity index (χ0) is 15.2. The Labute approximate surface area is 132 Å². The molecule has 2 nitrogen and oxygen atoms in total. The van der Waals surface area contributed by atoms with Gasteiger partial charge in [-0.2, -0.15) is 0 Å². The summed E-state index contributed by atoms with van der Waals surface area (Å²) in [6, 6.07) is 16.9. The third kappa shape index (κ3) is 4.30. The highest BCUT2D eigenvalue weighted by Crippen LogP contribution is 2.20. The molecule has 0 unspecified atom stereocenters. The van der Waals surface area contributed by atoms with Crippen LogP contribution in [0.25, 0.3) is 0 Å². The van der Waals surface area contributed by atoms with Gasteiger partial charge in [0.2, 0.25) is 0 Å². The Hall–Kier alpha value is -1.87. The average molecular weight is 298 g/mol. The molecular weight excluding hydrogens is 276 g/mol. The first kappa shape index (κ1) is 15.5. The maximum Gasteiger partial charge on any atom is 0.171 e. The predicted octanol–water partition coefficient (Wildman–Crippen LogP) is 4.74. The number of thiocarbonyl (C=S) groups is 1. The Kier molecular flexibility index (Phi) is 5.34. The minimum atomic E-state index is 0.233. The number of hydrogen-bond donors (Lipinski definition) is 2. The maximum atomic E-state index is 5.43. The first-order chi connectivity index (χ1) is 10.1. The molecule has 0 fully saturated rings. The van der Waals surface area contributed by atoms with Crippen molar-refractivity contribution in [3.05, 3.63) is 65.2 Å². The molecule has 0 aliphatic rings. The third-order valence-corrected chi connectivity index (χ3v) is 3.81. The van der Waals surface area contributed by atoms with Crippen LogP contribution in [0, 0.1) is 13.8 Å².